The number of aromatic nitrogens is 4. The van der Waals surface area contributed by atoms with Crippen LogP contribution in [-0.4, -0.2) is 67.6 Å². The predicted molar refractivity (Wildman–Crippen MR) is 106 cm³/mol. The average Bonchev–Trinajstić information content (AvgIpc) is 3.31. The van der Waals surface area contributed by atoms with Crippen LogP contribution in [0.1, 0.15) is 11.8 Å². The number of carboxylic acids is 1. The van der Waals surface area contributed by atoms with E-state index in [2.05, 4.69) is 20.3 Å². The average molecular weight is 432 g/mol. The number of nitrogens with zero attached hydrogens (tertiary/aromatic N) is 4. The van der Waals surface area contributed by atoms with Gasteiger partial charge in [0.15, 0.2) is 40.9 Å². The maximum absolute atomic E-state index is 13.5. The minimum Gasteiger partial charge on any atom is -0.494 e. The number of aliphatic hydroxyl groups excluding tert-OH is 1. The minimum absolute atomic E-state index is 0.175. The van der Waals surface area contributed by atoms with Gasteiger partial charge in [0.05, 0.1) is 19.5 Å². The molecule has 1 aliphatic rings. The quantitative estimate of drug-likeness (QED) is 0.409. The summed E-state index contributed by atoms with van der Waals surface area (Å²) in [6.45, 7) is 0.474. The van der Waals surface area contributed by atoms with E-state index in [0.29, 0.717) is 29.9 Å². The highest BCUT2D eigenvalue weighted by Gasteiger charge is 2.46. The molecule has 1 saturated heterocycles. The summed E-state index contributed by atoms with van der Waals surface area (Å²) in [7, 11) is 1.41. The number of ether oxygens (including phenoxy) is 2. The monoisotopic (exact) mass is 432 g/mol. The first-order valence-corrected chi connectivity index (χ1v) is 9.46. The van der Waals surface area contributed by atoms with Gasteiger partial charge < -0.3 is 30.7 Å². The number of halogens is 1. The smallest absolute Gasteiger partial charge is 0.334 e. The number of imidazole rings is 1. The molecule has 11 nitrogen and oxygen atoms in total. The summed E-state index contributed by atoms with van der Waals surface area (Å²) >= 11 is 0. The molecule has 31 heavy (non-hydrogen) atoms. The third-order valence-electron chi connectivity index (χ3n) is 5.12. The van der Waals surface area contributed by atoms with Crippen molar-refractivity contribution in [2.45, 2.75) is 30.9 Å². The molecule has 0 saturated carbocycles. The lowest BCUT2D eigenvalue weighted by Gasteiger charge is -2.16. The Morgan fingerprint density at radius 1 is 1.39 bits per heavy atom. The Balaban J connectivity index is 1.51. The summed E-state index contributed by atoms with van der Waals surface area (Å²) in [5, 5.41) is 22.7. The van der Waals surface area contributed by atoms with Gasteiger partial charge in [-0.25, -0.2) is 24.1 Å². The fourth-order valence-corrected chi connectivity index (χ4v) is 3.50. The van der Waals surface area contributed by atoms with Crippen LogP contribution in [-0.2, 0) is 16.0 Å². The number of anilines is 1. The molecule has 0 aliphatic carbocycles. The number of nitrogens with one attached hydrogen (secondary N) is 1. The van der Waals surface area contributed by atoms with Gasteiger partial charge >= 0.3 is 5.97 Å². The molecular weight excluding hydrogens is 411 g/mol. The zero-order chi connectivity index (χ0) is 22.1. The van der Waals surface area contributed by atoms with Crippen LogP contribution in [0.3, 0.4) is 0 Å². The Morgan fingerprint density at radius 2 is 2.19 bits per heavy atom. The van der Waals surface area contributed by atoms with Gasteiger partial charge in [0, 0.05) is 6.54 Å². The highest BCUT2D eigenvalue weighted by Crippen LogP contribution is 2.31. The normalized spacial score (nSPS) is 23.2. The van der Waals surface area contributed by atoms with E-state index in [-0.39, 0.29) is 5.75 Å². The molecule has 164 valence electrons. The van der Waals surface area contributed by atoms with E-state index in [4.69, 9.17) is 15.2 Å². The topological polar surface area (TPSA) is 158 Å². The number of rotatable bonds is 7. The third kappa shape index (κ3) is 3.87. The molecule has 3 heterocycles. The Morgan fingerprint density at radius 3 is 2.90 bits per heavy atom. The summed E-state index contributed by atoms with van der Waals surface area (Å²) in [6.07, 6.45) is -0.360. The molecule has 4 rings (SSSR count). The maximum atomic E-state index is 13.5. The fraction of sp³-hybridized carbons (Fsp3) is 0.368. The van der Waals surface area contributed by atoms with Crippen LogP contribution in [0, 0.1) is 5.82 Å². The zero-order valence-corrected chi connectivity index (χ0v) is 16.5. The fourth-order valence-electron chi connectivity index (χ4n) is 3.50. The van der Waals surface area contributed by atoms with Crippen molar-refractivity contribution in [3.8, 4) is 5.75 Å². The minimum atomic E-state index is -1.34. The second-order valence-electron chi connectivity index (χ2n) is 7.05. The number of carboxylic acid groups (broad SMARTS) is 1. The first kappa shape index (κ1) is 20.9. The van der Waals surface area contributed by atoms with E-state index in [9.17, 15) is 19.4 Å². The van der Waals surface area contributed by atoms with Gasteiger partial charge in [-0.3, -0.25) is 4.57 Å². The molecule has 4 atom stereocenters. The lowest BCUT2D eigenvalue weighted by Crippen LogP contribution is -2.43. The lowest BCUT2D eigenvalue weighted by molar-refractivity contribution is -0.152. The van der Waals surface area contributed by atoms with Crippen LogP contribution >= 0.6 is 0 Å². The van der Waals surface area contributed by atoms with Crippen LogP contribution in [0.2, 0.25) is 0 Å². The van der Waals surface area contributed by atoms with Gasteiger partial charge in [-0.1, -0.05) is 6.07 Å². The van der Waals surface area contributed by atoms with E-state index in [1.165, 1.54) is 30.4 Å². The van der Waals surface area contributed by atoms with E-state index in [0.717, 1.165) is 5.56 Å². The summed E-state index contributed by atoms with van der Waals surface area (Å²) in [5.41, 5.74) is 7.42. The number of fused-ring (bicyclic) bond motifs is 1. The van der Waals surface area contributed by atoms with Gasteiger partial charge in [-0.15, -0.1) is 0 Å². The van der Waals surface area contributed by atoms with Crippen molar-refractivity contribution in [2.24, 2.45) is 5.73 Å². The number of aliphatic carboxylic acids is 1. The zero-order valence-electron chi connectivity index (χ0n) is 16.5. The van der Waals surface area contributed by atoms with Gasteiger partial charge in [-0.2, -0.15) is 0 Å². The van der Waals surface area contributed by atoms with Gasteiger partial charge in [-0.05, 0) is 24.1 Å². The van der Waals surface area contributed by atoms with Gasteiger partial charge in [0.2, 0.25) is 0 Å². The van der Waals surface area contributed by atoms with Crippen LogP contribution in [0.25, 0.3) is 11.2 Å². The van der Waals surface area contributed by atoms with Gasteiger partial charge in [0.1, 0.15) is 12.4 Å². The molecular formula is C19H21FN6O5. The number of aliphatic hydroxyl groups is 1. The highest BCUT2D eigenvalue weighted by atomic mass is 19.1. The second-order valence-corrected chi connectivity index (χ2v) is 7.05. The van der Waals surface area contributed by atoms with Crippen molar-refractivity contribution in [2.75, 3.05) is 19.0 Å². The second kappa shape index (κ2) is 8.41. The summed E-state index contributed by atoms with van der Waals surface area (Å²) in [6, 6.07) is 3.56. The van der Waals surface area contributed by atoms with Crippen LogP contribution in [0.4, 0.5) is 10.2 Å². The SMILES string of the molecule is COc1cc(CCNc2ncnc3c2ncn3[C@@H]2O[C@H](C(=O)O)[C@@H](N)[C@H]2O)ccc1F. The lowest BCUT2D eigenvalue weighted by atomic mass is 10.1. The summed E-state index contributed by atoms with van der Waals surface area (Å²) < 4.78 is 25.4. The van der Waals surface area contributed by atoms with Crippen molar-refractivity contribution < 1.29 is 28.9 Å². The van der Waals surface area contributed by atoms with Crippen molar-refractivity contribution in [3.05, 3.63) is 42.2 Å². The first-order chi connectivity index (χ1) is 14.9. The molecule has 1 fully saturated rings. The van der Waals surface area contributed by atoms with Crippen LogP contribution < -0.4 is 15.8 Å². The Bertz CT molecular complexity index is 1110. The Labute approximate surface area is 175 Å². The molecule has 0 spiro atoms. The van der Waals surface area contributed by atoms with Crippen LogP contribution in [0.5, 0.6) is 5.75 Å². The highest BCUT2D eigenvalue weighted by molar-refractivity contribution is 5.82. The number of nitrogens with two attached hydrogens (primary N) is 1. The van der Waals surface area contributed by atoms with Crippen molar-refractivity contribution in [1.29, 1.82) is 0 Å². The first-order valence-electron chi connectivity index (χ1n) is 9.46. The third-order valence-corrected chi connectivity index (χ3v) is 5.12. The number of hydrogen-bond acceptors (Lipinski definition) is 9. The van der Waals surface area contributed by atoms with Crippen molar-refractivity contribution in [3.63, 3.8) is 0 Å². The molecule has 2 aromatic heterocycles. The number of carbonyl (C=O) groups is 1. The molecule has 0 radical (unpaired) electrons. The van der Waals surface area contributed by atoms with Crippen molar-refractivity contribution >= 4 is 23.0 Å². The number of hydrogen-bond donors (Lipinski definition) is 4. The molecule has 0 bridgehead atoms. The maximum Gasteiger partial charge on any atom is 0.334 e. The molecule has 5 N–H and O–H groups in total. The molecule has 1 aliphatic heterocycles. The molecule has 0 unspecified atom stereocenters. The molecule has 3 aromatic rings. The summed E-state index contributed by atoms with van der Waals surface area (Å²) in [5.74, 6) is -1.06. The number of benzene rings is 1. The largest absolute Gasteiger partial charge is 0.494 e. The molecule has 12 heteroatoms. The Kier molecular flexibility index (Phi) is 5.67. The van der Waals surface area contributed by atoms with E-state index in [1.807, 2.05) is 0 Å². The van der Waals surface area contributed by atoms with E-state index >= 15 is 0 Å². The van der Waals surface area contributed by atoms with Crippen LogP contribution in [0.15, 0.2) is 30.9 Å². The number of methoxy groups -OCH3 is 1. The predicted octanol–water partition coefficient (Wildman–Crippen LogP) is 0.299. The molecule has 1 aromatic carbocycles. The van der Waals surface area contributed by atoms with Gasteiger partial charge in [0.25, 0.3) is 0 Å². The van der Waals surface area contributed by atoms with E-state index < -0.39 is 36.3 Å². The Hall–Kier alpha value is -3.35. The van der Waals surface area contributed by atoms with E-state index in [1.54, 1.807) is 12.1 Å². The van der Waals surface area contributed by atoms with Crippen molar-refractivity contribution in [1.82, 2.24) is 19.5 Å². The standard InChI is InChI=1S/C19H21FN6O5/c1-30-11-6-9(2-3-10(11)20)4-5-22-16-13-17(24-7-23-16)26(8-25-13)18-14(27)12(21)15(31-18)19(28)29/h2-3,6-8,12,14-15,18,27H,4-5,21H2,1H3,(H,28,29)(H,22,23,24)/t12-,14+,15-,18+/m0/s1. The molecule has 0 amide bonds. The summed E-state index contributed by atoms with van der Waals surface area (Å²) in [4.78, 5) is 23.9.